The molecule has 1 aromatic heterocycles. The fourth-order valence-corrected chi connectivity index (χ4v) is 4.18. The van der Waals surface area contributed by atoms with Crippen LogP contribution in [0.25, 0.3) is 0 Å². The third kappa shape index (κ3) is 4.81. The Kier molecular flexibility index (Phi) is 5.79. The van der Waals surface area contributed by atoms with Crippen LogP contribution in [0.15, 0.2) is 12.3 Å². The van der Waals surface area contributed by atoms with Crippen molar-refractivity contribution in [1.29, 1.82) is 0 Å². The molecule has 3 N–H and O–H groups in total. The van der Waals surface area contributed by atoms with Gasteiger partial charge in [-0.1, -0.05) is 11.8 Å². The zero-order valence-corrected chi connectivity index (χ0v) is 18.3. The molecule has 2 amide bonds. The molecule has 0 radical (unpaired) electrons. The average Bonchev–Trinajstić information content (AvgIpc) is 3.29. The minimum absolute atomic E-state index is 0.111. The van der Waals surface area contributed by atoms with Gasteiger partial charge in [-0.2, -0.15) is 0 Å². The number of hydrogen-bond acceptors (Lipinski definition) is 7. The number of β-amino-alcohol motifs (C(OH)–C–C–N with tert-alkyl or cyclic N) is 1. The summed E-state index contributed by atoms with van der Waals surface area (Å²) in [7, 11) is -5.00. The van der Waals surface area contributed by atoms with E-state index in [0.717, 1.165) is 20.0 Å². The maximum Gasteiger partial charge on any atom is 0.328 e. The normalized spacial score (nSPS) is 19.8. The topological polar surface area (TPSA) is 132 Å². The number of hydrogen-bond donors (Lipinski definition) is 3. The number of nitrogens with one attached hydrogen (secondary N) is 1. The maximum atomic E-state index is 12.7. The van der Waals surface area contributed by atoms with Crippen molar-refractivity contribution in [3.8, 4) is 23.7 Å². The van der Waals surface area contributed by atoms with Gasteiger partial charge in [0.2, 0.25) is 0 Å². The summed E-state index contributed by atoms with van der Waals surface area (Å²) in [6.45, 7) is 3.13. The number of aromatic nitrogens is 1. The number of rotatable bonds is 7. The number of carbonyl (C=O) groups excluding carboxylic acids is 2. The van der Waals surface area contributed by atoms with Gasteiger partial charge in [0, 0.05) is 59.8 Å². The van der Waals surface area contributed by atoms with E-state index in [0.29, 0.717) is 17.8 Å². The fourth-order valence-electron chi connectivity index (χ4n) is 3.53. The lowest BCUT2D eigenvalue weighted by Gasteiger charge is -2.35. The molecule has 0 bridgehead atoms. The lowest BCUT2D eigenvalue weighted by molar-refractivity contribution is -0.131. The van der Waals surface area contributed by atoms with Crippen LogP contribution in [-0.2, 0) is 21.2 Å². The first-order valence-electron chi connectivity index (χ1n) is 11.4. The fraction of sp³-hybridized carbons (Fsp3) is 0.524. The van der Waals surface area contributed by atoms with E-state index < -0.39 is 39.1 Å². The van der Waals surface area contributed by atoms with Crippen LogP contribution in [0.2, 0.25) is 0 Å². The van der Waals surface area contributed by atoms with Gasteiger partial charge in [0.15, 0.2) is 14.6 Å². The van der Waals surface area contributed by atoms with Crippen LogP contribution in [-0.4, -0.2) is 88.8 Å². The minimum Gasteiger partial charge on any atom is -0.395 e. The van der Waals surface area contributed by atoms with Gasteiger partial charge in [-0.15, -0.1) is 0 Å². The van der Waals surface area contributed by atoms with E-state index in [-0.39, 0.29) is 25.6 Å². The first kappa shape index (κ1) is 19.8. The molecule has 3 heterocycles. The lowest BCUT2D eigenvalue weighted by Crippen LogP contribution is -2.50. The molecule has 0 aromatic carbocycles. The van der Waals surface area contributed by atoms with Crippen LogP contribution in [0.5, 0.6) is 0 Å². The van der Waals surface area contributed by atoms with Crippen LogP contribution < -0.4 is 5.48 Å². The molecular formula is C21H26N4O6S. The molecule has 172 valence electrons. The molecule has 1 aromatic rings. The van der Waals surface area contributed by atoms with Gasteiger partial charge < -0.3 is 10.0 Å². The van der Waals surface area contributed by atoms with E-state index in [4.69, 9.17) is 14.4 Å². The van der Waals surface area contributed by atoms with Crippen LogP contribution in [0.4, 0.5) is 4.79 Å². The molecule has 32 heavy (non-hydrogen) atoms. The number of amides is 2. The van der Waals surface area contributed by atoms with Gasteiger partial charge >= 0.3 is 6.03 Å². The molecule has 3 rings (SSSR count). The standard InChI is InChI=1S/C21H26N4O6S/c1-21(19(27)22-29,32(2,30)31)7-8-24-15-18-11-16(14-25(18)20(24)28)5-3-4-6-17-12-23(13-17)9-10-26/h11,14,17,26,29H,7-10,12-13,15H2,1-2H3,(H,22,27)/t21-/m1/s1/i2D3. The van der Waals surface area contributed by atoms with Crippen LogP contribution in [0, 0.1) is 29.6 Å². The van der Waals surface area contributed by atoms with Gasteiger partial charge in [0.05, 0.1) is 13.2 Å². The summed E-state index contributed by atoms with van der Waals surface area (Å²) in [6.07, 6.45) is -2.49. The van der Waals surface area contributed by atoms with Crippen molar-refractivity contribution in [3.63, 3.8) is 0 Å². The largest absolute Gasteiger partial charge is 0.395 e. The van der Waals surface area contributed by atoms with E-state index in [1.165, 1.54) is 21.1 Å². The highest BCUT2D eigenvalue weighted by molar-refractivity contribution is 7.92. The second kappa shape index (κ2) is 9.35. The maximum absolute atomic E-state index is 12.7. The summed E-state index contributed by atoms with van der Waals surface area (Å²) in [4.78, 5) is 28.2. The van der Waals surface area contributed by atoms with E-state index in [2.05, 4.69) is 28.6 Å². The molecule has 1 fully saturated rings. The Balaban J connectivity index is 1.63. The van der Waals surface area contributed by atoms with E-state index in [9.17, 15) is 18.0 Å². The Morgan fingerprint density at radius 3 is 2.75 bits per heavy atom. The summed E-state index contributed by atoms with van der Waals surface area (Å²) in [5.74, 6) is 10.3. The molecule has 2 aliphatic heterocycles. The van der Waals surface area contributed by atoms with Gasteiger partial charge in [0.25, 0.3) is 5.91 Å². The van der Waals surface area contributed by atoms with Crippen LogP contribution in [0.1, 0.15) is 28.7 Å². The Morgan fingerprint density at radius 2 is 2.12 bits per heavy atom. The number of nitrogens with zero attached hydrogens (tertiary/aromatic N) is 3. The van der Waals surface area contributed by atoms with Crippen LogP contribution >= 0.6 is 0 Å². The predicted molar refractivity (Wildman–Crippen MR) is 115 cm³/mol. The number of fused-ring (bicyclic) bond motifs is 1. The van der Waals surface area contributed by atoms with Crippen molar-refractivity contribution in [2.45, 2.75) is 24.6 Å². The van der Waals surface area contributed by atoms with Crippen molar-refractivity contribution >= 4 is 21.8 Å². The van der Waals surface area contributed by atoms with Gasteiger partial charge in [-0.3, -0.25) is 19.5 Å². The Hall–Kier alpha value is -2.83. The number of aliphatic hydroxyl groups excluding tert-OH is 1. The van der Waals surface area contributed by atoms with Crippen molar-refractivity contribution < 1.29 is 32.4 Å². The molecule has 1 saturated heterocycles. The first-order valence-corrected chi connectivity index (χ1v) is 11.4. The van der Waals surface area contributed by atoms with E-state index >= 15 is 0 Å². The third-order valence-corrected chi connectivity index (χ3v) is 7.26. The molecule has 2 aliphatic rings. The monoisotopic (exact) mass is 465 g/mol. The minimum atomic E-state index is -5.00. The number of carbonyl (C=O) groups is 2. The molecular weight excluding hydrogens is 436 g/mol. The molecule has 10 nitrogen and oxygen atoms in total. The van der Waals surface area contributed by atoms with Crippen molar-refractivity contribution in [2.24, 2.45) is 5.92 Å². The number of likely N-dealkylation sites (tertiary alicyclic amines) is 1. The Labute approximate surface area is 191 Å². The highest BCUT2D eigenvalue weighted by Gasteiger charge is 2.44. The van der Waals surface area contributed by atoms with Gasteiger partial charge in [-0.05, 0) is 31.3 Å². The first-order chi connectivity index (χ1) is 16.3. The predicted octanol–water partition coefficient (Wildman–Crippen LogP) is -0.750. The van der Waals surface area contributed by atoms with Gasteiger partial charge in [-0.25, -0.2) is 18.7 Å². The molecule has 1 atom stereocenters. The zero-order valence-electron chi connectivity index (χ0n) is 20.5. The second-order valence-corrected chi connectivity index (χ2v) is 9.83. The molecule has 11 heteroatoms. The zero-order chi connectivity index (χ0) is 26.0. The van der Waals surface area contributed by atoms with Crippen molar-refractivity contribution in [2.75, 3.05) is 39.0 Å². The van der Waals surface area contributed by atoms with Crippen LogP contribution in [0.3, 0.4) is 0 Å². The van der Waals surface area contributed by atoms with Crippen molar-refractivity contribution in [3.05, 3.63) is 23.5 Å². The summed E-state index contributed by atoms with van der Waals surface area (Å²) < 4.78 is 45.8. The second-order valence-electron chi connectivity index (χ2n) is 7.92. The Bertz CT molecular complexity index is 1230. The highest BCUT2D eigenvalue weighted by Crippen LogP contribution is 2.25. The lowest BCUT2D eigenvalue weighted by atomic mass is 10.0. The average molecular weight is 466 g/mol. The highest BCUT2D eigenvalue weighted by atomic mass is 32.2. The number of aliphatic hydroxyl groups is 1. The van der Waals surface area contributed by atoms with Gasteiger partial charge in [0.1, 0.15) is 0 Å². The molecule has 0 aliphatic carbocycles. The summed E-state index contributed by atoms with van der Waals surface area (Å²) in [6, 6.07) is 1.22. The SMILES string of the molecule is [2H]C([2H])([2H])S(=O)(=O)[C@](C)(CCN1Cc2cc(C#CC#CC3CN(CCO)C3)cn2C1=O)C(=O)NO. The molecule has 0 unspecified atom stereocenters. The van der Waals surface area contributed by atoms with E-state index in [1.54, 1.807) is 6.07 Å². The Morgan fingerprint density at radius 1 is 1.38 bits per heavy atom. The molecule has 0 saturated carbocycles. The quantitative estimate of drug-likeness (QED) is 0.274. The smallest absolute Gasteiger partial charge is 0.328 e. The summed E-state index contributed by atoms with van der Waals surface area (Å²) in [5.41, 5.74) is 2.39. The summed E-state index contributed by atoms with van der Waals surface area (Å²) >= 11 is 0. The number of sulfone groups is 1. The third-order valence-electron chi connectivity index (χ3n) is 5.68. The molecule has 0 spiro atoms. The number of hydroxylamine groups is 1. The van der Waals surface area contributed by atoms with Crippen molar-refractivity contribution in [1.82, 2.24) is 19.8 Å². The summed E-state index contributed by atoms with van der Waals surface area (Å²) in [5, 5.41) is 17.9. The van der Waals surface area contributed by atoms with E-state index in [1.807, 2.05) is 0 Å².